The molecule has 184 valence electrons. The van der Waals surface area contributed by atoms with Gasteiger partial charge in [-0.3, -0.25) is 14.6 Å². The van der Waals surface area contributed by atoms with Crippen molar-refractivity contribution < 1.29 is 9.59 Å². The first-order valence-corrected chi connectivity index (χ1v) is 12.7. The first-order valence-electron chi connectivity index (χ1n) is 11.5. The molecule has 0 bridgehead atoms. The molecule has 0 saturated carbocycles. The van der Waals surface area contributed by atoms with Crippen molar-refractivity contribution >= 4 is 56.4 Å². The molecule has 9 heteroatoms. The molecule has 5 rings (SSSR count). The van der Waals surface area contributed by atoms with E-state index in [-0.39, 0.29) is 18.2 Å². The lowest BCUT2D eigenvalue weighted by Crippen LogP contribution is -2.27. The van der Waals surface area contributed by atoms with Crippen LogP contribution < -0.4 is 10.6 Å². The van der Waals surface area contributed by atoms with Crippen LogP contribution in [0.3, 0.4) is 0 Å². The molecule has 1 unspecified atom stereocenters. The van der Waals surface area contributed by atoms with Crippen LogP contribution in [0, 0.1) is 0 Å². The van der Waals surface area contributed by atoms with Gasteiger partial charge in [0.25, 0.3) is 0 Å². The van der Waals surface area contributed by atoms with Crippen LogP contribution in [0.2, 0.25) is 5.02 Å². The number of aliphatic imine (C=N–C) groups is 1. The maximum atomic E-state index is 13.1. The molecule has 3 aromatic carbocycles. The largest absolute Gasteiger partial charge is 0.326 e. The fourth-order valence-electron chi connectivity index (χ4n) is 4.02. The zero-order chi connectivity index (χ0) is 25.8. The first kappa shape index (κ1) is 24.8. The van der Waals surface area contributed by atoms with Crippen LogP contribution in [-0.2, 0) is 22.4 Å². The second-order valence-electron chi connectivity index (χ2n) is 8.47. The van der Waals surface area contributed by atoms with Crippen molar-refractivity contribution in [2.75, 3.05) is 10.6 Å². The molecule has 7 nitrogen and oxygen atoms in total. The van der Waals surface area contributed by atoms with Crippen LogP contribution >= 0.6 is 27.5 Å². The lowest BCUT2D eigenvalue weighted by atomic mass is 10.00. The summed E-state index contributed by atoms with van der Waals surface area (Å²) in [7, 11) is 0. The van der Waals surface area contributed by atoms with E-state index in [1.807, 2.05) is 42.5 Å². The van der Waals surface area contributed by atoms with Gasteiger partial charge in [0.15, 0.2) is 0 Å². The van der Waals surface area contributed by atoms with Gasteiger partial charge in [0.1, 0.15) is 11.9 Å². The summed E-state index contributed by atoms with van der Waals surface area (Å²) in [5.74, 6) is 0.0391. The first-order chi connectivity index (χ1) is 17.9. The summed E-state index contributed by atoms with van der Waals surface area (Å²) >= 11 is 9.68. The van der Waals surface area contributed by atoms with Gasteiger partial charge in [-0.05, 0) is 54.1 Å². The number of aromatic nitrogens is 2. The van der Waals surface area contributed by atoms with Crippen LogP contribution in [-0.4, -0.2) is 33.5 Å². The van der Waals surface area contributed by atoms with Gasteiger partial charge < -0.3 is 10.6 Å². The molecule has 0 saturated heterocycles. The van der Waals surface area contributed by atoms with E-state index in [9.17, 15) is 9.59 Å². The number of carbonyl (C=O) groups is 2. The Morgan fingerprint density at radius 1 is 1.00 bits per heavy atom. The highest BCUT2D eigenvalue weighted by molar-refractivity contribution is 9.10. The predicted molar refractivity (Wildman–Crippen MR) is 148 cm³/mol. The molecule has 1 aliphatic heterocycles. The van der Waals surface area contributed by atoms with Gasteiger partial charge in [0, 0.05) is 45.1 Å². The number of carbonyl (C=O) groups excluding carboxylic acids is 2. The monoisotopic (exact) mass is 573 g/mol. The number of fused-ring (bicyclic) bond motifs is 1. The molecule has 1 aromatic heterocycles. The number of hydrogen-bond donors (Lipinski definition) is 2. The number of benzodiazepines with no additional fused rings is 1. The number of halogens is 2. The van der Waals surface area contributed by atoms with Crippen LogP contribution in [0.1, 0.15) is 22.5 Å². The number of nitrogens with one attached hydrogen (secondary N) is 2. The molecule has 0 fully saturated rings. The average molecular weight is 575 g/mol. The zero-order valence-electron chi connectivity index (χ0n) is 19.5. The molecule has 2 amide bonds. The molecule has 0 spiro atoms. The van der Waals surface area contributed by atoms with E-state index in [0.29, 0.717) is 34.4 Å². The number of anilines is 2. The Morgan fingerprint density at radius 3 is 2.46 bits per heavy atom. The van der Waals surface area contributed by atoms with Crippen molar-refractivity contribution in [3.63, 3.8) is 0 Å². The summed E-state index contributed by atoms with van der Waals surface area (Å²) in [6, 6.07) is 21.6. The Balaban J connectivity index is 1.43. The third-order valence-electron chi connectivity index (χ3n) is 5.80. The van der Waals surface area contributed by atoms with E-state index in [4.69, 9.17) is 16.6 Å². The summed E-state index contributed by atoms with van der Waals surface area (Å²) in [6.45, 7) is 0. The van der Waals surface area contributed by atoms with Crippen molar-refractivity contribution in [2.24, 2.45) is 4.99 Å². The molecule has 37 heavy (non-hydrogen) atoms. The smallest absolute Gasteiger partial charge is 0.249 e. The summed E-state index contributed by atoms with van der Waals surface area (Å²) in [5.41, 5.74) is 4.49. The number of benzene rings is 3. The third kappa shape index (κ3) is 6.10. The summed E-state index contributed by atoms with van der Waals surface area (Å²) in [4.78, 5) is 38.6. The molecule has 4 aromatic rings. The van der Waals surface area contributed by atoms with E-state index in [2.05, 4.69) is 36.5 Å². The topological polar surface area (TPSA) is 96.3 Å². The Hall–Kier alpha value is -3.88. The average Bonchev–Trinajstić information content (AvgIpc) is 3.02. The molecule has 1 aliphatic rings. The van der Waals surface area contributed by atoms with E-state index in [1.165, 1.54) is 0 Å². The molecule has 0 radical (unpaired) electrons. The van der Waals surface area contributed by atoms with Gasteiger partial charge in [-0.1, -0.05) is 51.8 Å². The highest BCUT2D eigenvalue weighted by Gasteiger charge is 2.26. The highest BCUT2D eigenvalue weighted by Crippen LogP contribution is 2.29. The molecule has 0 aliphatic carbocycles. The molecular formula is C28H21BrClN5O2. The van der Waals surface area contributed by atoms with Crippen LogP contribution in [0.5, 0.6) is 0 Å². The highest BCUT2D eigenvalue weighted by atomic mass is 79.9. The number of amides is 2. The fraction of sp³-hybridized carbons (Fsp3) is 0.107. The lowest BCUT2D eigenvalue weighted by Gasteiger charge is -2.12. The fourth-order valence-corrected chi connectivity index (χ4v) is 4.46. The maximum absolute atomic E-state index is 13.1. The van der Waals surface area contributed by atoms with Gasteiger partial charge >= 0.3 is 0 Å². The van der Waals surface area contributed by atoms with Crippen LogP contribution in [0.15, 0.2) is 94.7 Å². The molecule has 2 N–H and O–H groups in total. The number of rotatable bonds is 6. The van der Waals surface area contributed by atoms with Crippen molar-refractivity contribution in [3.8, 4) is 0 Å². The Bertz CT molecular complexity index is 1480. The third-order valence-corrected chi connectivity index (χ3v) is 6.57. The zero-order valence-corrected chi connectivity index (χ0v) is 21.8. The Labute approximate surface area is 227 Å². The summed E-state index contributed by atoms with van der Waals surface area (Å²) in [6.07, 6.45) is 3.73. The van der Waals surface area contributed by atoms with Crippen molar-refractivity contribution in [1.82, 2.24) is 9.97 Å². The molecule has 2 heterocycles. The number of nitrogens with zero attached hydrogens (tertiary/aromatic N) is 3. The van der Waals surface area contributed by atoms with E-state index in [0.717, 1.165) is 21.2 Å². The van der Waals surface area contributed by atoms with Crippen molar-refractivity contribution in [1.29, 1.82) is 0 Å². The van der Waals surface area contributed by atoms with E-state index in [1.54, 1.807) is 42.7 Å². The quantitative estimate of drug-likeness (QED) is 0.319. The standard InChI is InChI=1S/C28H21BrClN5O2/c29-19-6-2-17(3-7-19)14-24-28(37)35-23-15-20(30)8-11-22(23)27(34-24)18-4-9-21(10-5-18)33-26(36)16-25-31-12-1-13-32-25/h1-13,15,24H,14,16H2,(H,33,36)(H,35,37). The minimum Gasteiger partial charge on any atom is -0.326 e. The minimum atomic E-state index is -0.632. The van der Waals surface area contributed by atoms with Gasteiger partial charge in [-0.2, -0.15) is 0 Å². The SMILES string of the molecule is O=C(Cc1ncccn1)Nc1ccc(C2=NC(Cc3ccc(Br)cc3)C(=O)Nc3cc(Cl)ccc32)cc1. The van der Waals surface area contributed by atoms with Gasteiger partial charge in [-0.15, -0.1) is 0 Å². The predicted octanol–water partition coefficient (Wildman–Crippen LogP) is 5.47. The van der Waals surface area contributed by atoms with Crippen molar-refractivity contribution in [2.45, 2.75) is 18.9 Å². The van der Waals surface area contributed by atoms with Gasteiger partial charge in [0.2, 0.25) is 11.8 Å². The summed E-state index contributed by atoms with van der Waals surface area (Å²) in [5, 5.41) is 6.37. The molecular weight excluding hydrogens is 554 g/mol. The van der Waals surface area contributed by atoms with Gasteiger partial charge in [-0.25, -0.2) is 9.97 Å². The van der Waals surface area contributed by atoms with Crippen LogP contribution in [0.4, 0.5) is 11.4 Å². The Morgan fingerprint density at radius 2 is 1.73 bits per heavy atom. The van der Waals surface area contributed by atoms with E-state index < -0.39 is 6.04 Å². The minimum absolute atomic E-state index is 0.0783. The maximum Gasteiger partial charge on any atom is 0.249 e. The Kier molecular flexibility index (Phi) is 7.39. The molecule has 1 atom stereocenters. The van der Waals surface area contributed by atoms with Crippen molar-refractivity contribution in [3.05, 3.63) is 117 Å². The second kappa shape index (κ2) is 11.0. The van der Waals surface area contributed by atoms with Gasteiger partial charge in [0.05, 0.1) is 17.8 Å². The normalized spacial score (nSPS) is 14.7. The summed E-state index contributed by atoms with van der Waals surface area (Å²) < 4.78 is 0.969. The number of hydrogen-bond acceptors (Lipinski definition) is 5. The lowest BCUT2D eigenvalue weighted by molar-refractivity contribution is -0.117. The van der Waals surface area contributed by atoms with E-state index >= 15 is 0 Å². The van der Waals surface area contributed by atoms with Crippen LogP contribution in [0.25, 0.3) is 0 Å². The second-order valence-corrected chi connectivity index (χ2v) is 9.82.